The highest BCUT2D eigenvalue weighted by Gasteiger charge is 2.30. The number of thiophene rings is 1. The first kappa shape index (κ1) is 25.6. The van der Waals surface area contributed by atoms with Crippen LogP contribution in [-0.4, -0.2) is 85.6 Å². The zero-order chi connectivity index (χ0) is 26.2. The lowest BCUT2D eigenvalue weighted by Crippen LogP contribution is -2.50. The Hall–Kier alpha value is -3.06. The van der Waals surface area contributed by atoms with Gasteiger partial charge in [0, 0.05) is 64.3 Å². The first-order valence-corrected chi connectivity index (χ1v) is 14.4. The predicted octanol–water partition coefficient (Wildman–Crippen LogP) is 3.53. The van der Waals surface area contributed by atoms with E-state index in [0.29, 0.717) is 36.1 Å². The quantitative estimate of drug-likeness (QED) is 0.358. The number of hydrogen-bond acceptors (Lipinski definition) is 10. The Bertz CT molecular complexity index is 1490. The number of nitrogens with zero attached hydrogens (tertiary/aromatic N) is 6. The molecule has 1 aliphatic rings. The van der Waals surface area contributed by atoms with Gasteiger partial charge >= 0.3 is 0 Å². The molecule has 0 saturated carbocycles. The van der Waals surface area contributed by atoms with Crippen LogP contribution in [0.15, 0.2) is 51.5 Å². The first-order chi connectivity index (χ1) is 17.7. The van der Waals surface area contributed by atoms with Gasteiger partial charge in [-0.05, 0) is 38.1 Å². The lowest BCUT2D eigenvalue weighted by molar-refractivity contribution is 0.184. The summed E-state index contributed by atoms with van der Waals surface area (Å²) in [7, 11) is 0.451. The fraction of sp³-hybridized carbons (Fsp3) is 0.400. The summed E-state index contributed by atoms with van der Waals surface area (Å²) in [6.07, 6.45) is 1.59. The Morgan fingerprint density at radius 1 is 1.14 bits per heavy atom. The average molecular weight is 542 g/mol. The van der Waals surface area contributed by atoms with E-state index in [1.165, 1.54) is 11.3 Å². The molecule has 4 aromatic rings. The summed E-state index contributed by atoms with van der Waals surface area (Å²) >= 11 is 1.21. The van der Waals surface area contributed by atoms with E-state index in [9.17, 15) is 8.42 Å². The molecule has 196 valence electrons. The smallest absolute Gasteiger partial charge is 0.252 e. The van der Waals surface area contributed by atoms with Gasteiger partial charge in [0.2, 0.25) is 0 Å². The molecule has 4 heterocycles. The van der Waals surface area contributed by atoms with E-state index in [-0.39, 0.29) is 6.04 Å². The van der Waals surface area contributed by atoms with Crippen LogP contribution >= 0.6 is 11.3 Å². The summed E-state index contributed by atoms with van der Waals surface area (Å²) in [5, 5.41) is 8.40. The molecule has 5 rings (SSSR count). The van der Waals surface area contributed by atoms with Gasteiger partial charge in [0.15, 0.2) is 5.76 Å². The topological polar surface area (TPSA) is 108 Å². The normalized spacial score (nSPS) is 16.2. The van der Waals surface area contributed by atoms with Gasteiger partial charge in [-0.2, -0.15) is 4.31 Å². The van der Waals surface area contributed by atoms with Crippen molar-refractivity contribution >= 4 is 43.8 Å². The van der Waals surface area contributed by atoms with Gasteiger partial charge < -0.3 is 14.7 Å². The molecule has 12 heteroatoms. The molecular weight excluding hydrogens is 510 g/mol. The number of piperazine rings is 1. The van der Waals surface area contributed by atoms with Crippen molar-refractivity contribution in [3.05, 3.63) is 48.4 Å². The first-order valence-electron chi connectivity index (χ1n) is 12.2. The van der Waals surface area contributed by atoms with E-state index in [4.69, 9.17) is 4.52 Å². The highest BCUT2D eigenvalue weighted by atomic mass is 32.2. The van der Waals surface area contributed by atoms with Crippen molar-refractivity contribution in [3.63, 3.8) is 0 Å². The maximum atomic E-state index is 13.2. The number of rotatable bonds is 8. The minimum Gasteiger partial charge on any atom is -0.376 e. The van der Waals surface area contributed by atoms with Crippen LogP contribution < -0.4 is 10.2 Å². The summed E-state index contributed by atoms with van der Waals surface area (Å²) < 4.78 is 33.7. The minimum absolute atomic E-state index is 0.120. The molecule has 0 unspecified atom stereocenters. The van der Waals surface area contributed by atoms with Crippen LogP contribution in [0.3, 0.4) is 0 Å². The summed E-state index contributed by atoms with van der Waals surface area (Å²) in [6.45, 7) is 6.97. The van der Waals surface area contributed by atoms with Crippen molar-refractivity contribution < 1.29 is 12.9 Å². The van der Waals surface area contributed by atoms with E-state index in [2.05, 4.69) is 32.3 Å². The number of para-hydroxylation sites is 1. The van der Waals surface area contributed by atoms with E-state index in [0.717, 1.165) is 39.5 Å². The number of fused-ring (bicyclic) bond motifs is 1. The fourth-order valence-corrected chi connectivity index (χ4v) is 7.40. The van der Waals surface area contributed by atoms with Crippen molar-refractivity contribution in [2.24, 2.45) is 0 Å². The van der Waals surface area contributed by atoms with Crippen LogP contribution in [0, 0.1) is 6.92 Å². The van der Waals surface area contributed by atoms with Crippen molar-refractivity contribution in [2.45, 2.75) is 24.1 Å². The Morgan fingerprint density at radius 2 is 1.92 bits per heavy atom. The largest absolute Gasteiger partial charge is 0.376 e. The molecule has 1 aliphatic heterocycles. The Morgan fingerprint density at radius 3 is 2.62 bits per heavy atom. The number of aromatic nitrogens is 3. The van der Waals surface area contributed by atoms with E-state index >= 15 is 0 Å². The van der Waals surface area contributed by atoms with Crippen LogP contribution in [0.5, 0.6) is 0 Å². The van der Waals surface area contributed by atoms with Gasteiger partial charge in [-0.15, -0.1) is 11.3 Å². The second kappa shape index (κ2) is 10.4. The molecule has 1 saturated heterocycles. The molecule has 3 aromatic heterocycles. The Labute approximate surface area is 221 Å². The highest BCUT2D eigenvalue weighted by molar-refractivity contribution is 7.91. The number of benzene rings is 1. The number of hydrogen-bond donors (Lipinski definition) is 1. The number of nitrogens with one attached hydrogen (secondary N) is 1. The second-order valence-corrected chi connectivity index (χ2v) is 12.7. The van der Waals surface area contributed by atoms with Gasteiger partial charge in [-0.25, -0.2) is 18.4 Å². The van der Waals surface area contributed by atoms with Crippen LogP contribution in [0.2, 0.25) is 0 Å². The monoisotopic (exact) mass is 541 g/mol. The molecule has 37 heavy (non-hydrogen) atoms. The molecule has 0 aliphatic carbocycles. The molecule has 1 N–H and O–H groups in total. The average Bonchev–Trinajstić information content (AvgIpc) is 3.54. The van der Waals surface area contributed by atoms with Crippen molar-refractivity contribution in [1.82, 2.24) is 24.3 Å². The molecule has 1 aromatic carbocycles. The van der Waals surface area contributed by atoms with E-state index in [1.807, 2.05) is 50.2 Å². The number of aryl methyl sites for hydroxylation is 1. The maximum Gasteiger partial charge on any atom is 0.252 e. The van der Waals surface area contributed by atoms with Crippen LogP contribution in [-0.2, 0) is 10.0 Å². The van der Waals surface area contributed by atoms with Crippen LogP contribution in [0.25, 0.3) is 21.5 Å². The Balaban J connectivity index is 1.20. The van der Waals surface area contributed by atoms with Crippen LogP contribution in [0.1, 0.15) is 12.6 Å². The predicted molar refractivity (Wildman–Crippen MR) is 147 cm³/mol. The van der Waals surface area contributed by atoms with Gasteiger partial charge in [0.05, 0.1) is 21.8 Å². The third-order valence-corrected chi connectivity index (χ3v) is 9.88. The SMILES string of the molecule is Cc1cc(-c2ccc(S(=O)(=O)N3CCN(C[C@H](C)Nc4ncnc5c(N(C)C)cccc45)CC3)s2)on1. The molecule has 0 bridgehead atoms. The highest BCUT2D eigenvalue weighted by Crippen LogP contribution is 2.33. The second-order valence-electron chi connectivity index (χ2n) is 9.49. The van der Waals surface area contributed by atoms with Crippen LogP contribution in [0.4, 0.5) is 11.5 Å². The van der Waals surface area contributed by atoms with Crippen molar-refractivity contribution in [3.8, 4) is 10.6 Å². The molecule has 10 nitrogen and oxygen atoms in total. The molecule has 1 atom stereocenters. The van der Waals surface area contributed by atoms with Gasteiger partial charge in [-0.3, -0.25) is 4.90 Å². The summed E-state index contributed by atoms with van der Waals surface area (Å²) in [5.41, 5.74) is 2.71. The number of anilines is 2. The molecular formula is C25H31N7O3S2. The van der Waals surface area contributed by atoms with E-state index in [1.54, 1.807) is 22.8 Å². The third kappa shape index (κ3) is 5.33. The van der Waals surface area contributed by atoms with Crippen molar-refractivity contribution in [1.29, 1.82) is 0 Å². The molecule has 0 spiro atoms. The lowest BCUT2D eigenvalue weighted by atomic mass is 10.2. The van der Waals surface area contributed by atoms with Gasteiger partial charge in [-0.1, -0.05) is 11.2 Å². The maximum absolute atomic E-state index is 13.2. The number of sulfonamides is 1. The minimum atomic E-state index is -3.55. The summed E-state index contributed by atoms with van der Waals surface area (Å²) in [5.74, 6) is 1.39. The zero-order valence-electron chi connectivity index (χ0n) is 21.4. The summed E-state index contributed by atoms with van der Waals surface area (Å²) in [4.78, 5) is 14.1. The standard InChI is InChI=1S/C25H31N7O3S2/c1-17-14-21(35-29-17)22-8-9-23(36-22)37(33,34)32-12-10-31(11-13-32)15-18(2)28-25-19-6-5-7-20(30(3)4)24(19)26-16-27-25/h5-9,14,16,18H,10-13,15H2,1-4H3,(H,26,27,28)/t18-/m0/s1. The lowest BCUT2D eigenvalue weighted by Gasteiger charge is -2.35. The zero-order valence-corrected chi connectivity index (χ0v) is 23.0. The molecule has 0 amide bonds. The Kier molecular flexibility index (Phi) is 7.17. The van der Waals surface area contributed by atoms with E-state index < -0.39 is 10.0 Å². The van der Waals surface area contributed by atoms with Gasteiger partial charge in [0.1, 0.15) is 16.4 Å². The third-order valence-electron chi connectivity index (χ3n) is 6.42. The summed E-state index contributed by atoms with van der Waals surface area (Å²) in [6, 6.07) is 11.4. The van der Waals surface area contributed by atoms with Gasteiger partial charge in [0.25, 0.3) is 10.0 Å². The molecule has 0 radical (unpaired) electrons. The van der Waals surface area contributed by atoms with Crippen molar-refractivity contribution in [2.75, 3.05) is 57.0 Å². The fourth-order valence-electron chi connectivity index (χ4n) is 4.56. The molecule has 1 fully saturated rings.